The first kappa shape index (κ1) is 22.9. The summed E-state index contributed by atoms with van der Waals surface area (Å²) >= 11 is 0. The van der Waals surface area contributed by atoms with Gasteiger partial charge in [0.2, 0.25) is 0 Å². The van der Waals surface area contributed by atoms with Gasteiger partial charge < -0.3 is 24.6 Å². The molecule has 0 amide bonds. The van der Waals surface area contributed by atoms with Crippen molar-refractivity contribution in [2.24, 2.45) is 0 Å². The lowest BCUT2D eigenvalue weighted by Gasteiger charge is -2.28. The van der Waals surface area contributed by atoms with Gasteiger partial charge in [0.15, 0.2) is 0 Å². The van der Waals surface area contributed by atoms with Crippen LogP contribution >= 0.6 is 0 Å². The average molecular weight is 449 g/mol. The predicted octanol–water partition coefficient (Wildman–Crippen LogP) is 3.41. The van der Waals surface area contributed by atoms with Crippen molar-refractivity contribution in [2.75, 3.05) is 64.3 Å². The Bertz CT molecular complexity index is 1070. The van der Waals surface area contributed by atoms with Crippen LogP contribution in [0, 0.1) is 6.92 Å². The number of aromatic nitrogens is 3. The molecule has 1 aromatic carbocycles. The minimum Gasteiger partial charge on any atom is -0.496 e. The topological polar surface area (TPSA) is 75.6 Å². The Balaban J connectivity index is 1.55. The highest BCUT2D eigenvalue weighted by Gasteiger charge is 2.19. The van der Waals surface area contributed by atoms with Crippen molar-refractivity contribution in [3.8, 4) is 17.0 Å². The number of anilines is 2. The van der Waals surface area contributed by atoms with Crippen LogP contribution in [0.4, 0.5) is 11.6 Å². The zero-order valence-corrected chi connectivity index (χ0v) is 19.8. The monoisotopic (exact) mass is 448 g/mol. The molecule has 1 aliphatic rings. The van der Waals surface area contributed by atoms with Crippen LogP contribution in [0.3, 0.4) is 0 Å². The van der Waals surface area contributed by atoms with Gasteiger partial charge >= 0.3 is 0 Å². The zero-order chi connectivity index (χ0) is 23.2. The van der Waals surface area contributed by atoms with E-state index in [0.29, 0.717) is 6.54 Å². The molecule has 1 fully saturated rings. The Hall–Kier alpha value is -3.23. The number of nitrogens with zero attached hydrogens (tertiary/aromatic N) is 5. The van der Waals surface area contributed by atoms with E-state index >= 15 is 0 Å². The number of hydrogen-bond donors (Lipinski definition) is 1. The lowest BCUT2D eigenvalue weighted by atomic mass is 10.0. The number of para-hydroxylation sites is 1. The molecule has 0 bridgehead atoms. The quantitative estimate of drug-likeness (QED) is 0.562. The number of pyridine rings is 1. The van der Waals surface area contributed by atoms with Crippen LogP contribution in [0.25, 0.3) is 11.3 Å². The second-order valence-electron chi connectivity index (χ2n) is 8.29. The van der Waals surface area contributed by atoms with Gasteiger partial charge in [0.25, 0.3) is 0 Å². The molecule has 2 aromatic heterocycles. The number of likely N-dealkylation sites (N-methyl/N-ethyl adjacent to an activating group) is 1. The highest BCUT2D eigenvalue weighted by atomic mass is 16.5. The summed E-state index contributed by atoms with van der Waals surface area (Å²) in [6.07, 6.45) is 1.84. The number of benzene rings is 1. The van der Waals surface area contributed by atoms with Crippen LogP contribution in [0.5, 0.6) is 5.75 Å². The van der Waals surface area contributed by atoms with Crippen molar-refractivity contribution in [2.45, 2.75) is 13.0 Å². The maximum Gasteiger partial charge on any atom is 0.130 e. The average Bonchev–Trinajstić information content (AvgIpc) is 2.84. The Morgan fingerprint density at radius 1 is 1.12 bits per heavy atom. The smallest absolute Gasteiger partial charge is 0.130 e. The van der Waals surface area contributed by atoms with Crippen molar-refractivity contribution in [3.05, 3.63) is 60.0 Å². The fraction of sp³-hybridized carbons (Fsp3) is 0.400. The van der Waals surface area contributed by atoms with Gasteiger partial charge in [0.05, 0.1) is 32.1 Å². The summed E-state index contributed by atoms with van der Waals surface area (Å²) in [5.74, 6) is 3.35. The van der Waals surface area contributed by atoms with E-state index in [1.807, 2.05) is 43.5 Å². The van der Waals surface area contributed by atoms with Gasteiger partial charge in [-0.05, 0) is 39.2 Å². The third-order valence-electron chi connectivity index (χ3n) is 5.81. The van der Waals surface area contributed by atoms with Gasteiger partial charge in [-0.15, -0.1) is 0 Å². The standard InChI is InChI=1S/C25H32N6O2/c1-18-28-21(19-9-10-26-25(15-19)31-11-13-33-14-12-31)16-24(29-18)27-17-22(30(2)3)20-7-5-6-8-23(20)32-4/h5-10,15-16,22H,11-14,17H2,1-4H3,(H,27,28,29). The summed E-state index contributed by atoms with van der Waals surface area (Å²) in [5, 5.41) is 3.51. The molecule has 3 aromatic rings. The molecule has 0 spiro atoms. The lowest BCUT2D eigenvalue weighted by molar-refractivity contribution is 0.122. The Kier molecular flexibility index (Phi) is 7.36. The number of nitrogens with one attached hydrogen (secondary N) is 1. The molecule has 4 rings (SSSR count). The van der Waals surface area contributed by atoms with Gasteiger partial charge in [-0.1, -0.05) is 18.2 Å². The van der Waals surface area contributed by atoms with E-state index in [4.69, 9.17) is 9.47 Å². The van der Waals surface area contributed by atoms with Crippen LogP contribution in [0.2, 0.25) is 0 Å². The van der Waals surface area contributed by atoms with Crippen molar-refractivity contribution >= 4 is 11.6 Å². The molecule has 1 atom stereocenters. The number of aryl methyl sites for hydroxylation is 1. The molecule has 1 saturated heterocycles. The molecule has 8 heteroatoms. The van der Waals surface area contributed by atoms with E-state index < -0.39 is 0 Å². The van der Waals surface area contributed by atoms with Crippen LogP contribution in [0.15, 0.2) is 48.7 Å². The Morgan fingerprint density at radius 2 is 1.91 bits per heavy atom. The normalized spacial score (nSPS) is 14.9. The first-order chi connectivity index (χ1) is 16.0. The second kappa shape index (κ2) is 10.6. The SMILES string of the molecule is COc1ccccc1C(CNc1cc(-c2ccnc(N3CCOCC3)c2)nc(C)n1)N(C)C. The molecule has 3 heterocycles. The van der Waals surface area contributed by atoms with E-state index in [9.17, 15) is 0 Å². The maximum atomic E-state index is 5.59. The van der Waals surface area contributed by atoms with Crippen molar-refractivity contribution in [1.29, 1.82) is 0 Å². The summed E-state index contributed by atoms with van der Waals surface area (Å²) in [4.78, 5) is 18.3. The first-order valence-electron chi connectivity index (χ1n) is 11.2. The van der Waals surface area contributed by atoms with Crippen LogP contribution in [-0.4, -0.2) is 73.9 Å². The molecule has 174 valence electrons. The number of ether oxygens (including phenoxy) is 2. The highest BCUT2D eigenvalue weighted by Crippen LogP contribution is 2.29. The Labute approximate surface area is 195 Å². The molecular weight excluding hydrogens is 416 g/mol. The third-order valence-corrected chi connectivity index (χ3v) is 5.81. The lowest BCUT2D eigenvalue weighted by Crippen LogP contribution is -2.36. The summed E-state index contributed by atoms with van der Waals surface area (Å²) in [7, 11) is 5.85. The van der Waals surface area contributed by atoms with Crippen molar-refractivity contribution < 1.29 is 9.47 Å². The van der Waals surface area contributed by atoms with Crippen LogP contribution < -0.4 is 15.0 Å². The summed E-state index contributed by atoms with van der Waals surface area (Å²) < 4.78 is 11.1. The fourth-order valence-corrected chi connectivity index (χ4v) is 4.06. The van der Waals surface area contributed by atoms with Gasteiger partial charge in [-0.2, -0.15) is 0 Å². The molecule has 33 heavy (non-hydrogen) atoms. The first-order valence-corrected chi connectivity index (χ1v) is 11.2. The molecule has 0 radical (unpaired) electrons. The molecule has 1 N–H and O–H groups in total. The fourth-order valence-electron chi connectivity index (χ4n) is 4.06. The zero-order valence-electron chi connectivity index (χ0n) is 19.8. The van der Waals surface area contributed by atoms with Gasteiger partial charge in [-0.3, -0.25) is 0 Å². The minimum atomic E-state index is 0.119. The molecular formula is C25H32N6O2. The van der Waals surface area contributed by atoms with Crippen molar-refractivity contribution in [1.82, 2.24) is 19.9 Å². The van der Waals surface area contributed by atoms with Crippen molar-refractivity contribution in [3.63, 3.8) is 0 Å². The van der Waals surface area contributed by atoms with Gasteiger partial charge in [0, 0.05) is 43.0 Å². The minimum absolute atomic E-state index is 0.119. The largest absolute Gasteiger partial charge is 0.496 e. The number of methoxy groups -OCH3 is 1. The summed E-state index contributed by atoms with van der Waals surface area (Å²) in [5.41, 5.74) is 3.03. The van der Waals surface area contributed by atoms with Crippen LogP contribution in [-0.2, 0) is 4.74 Å². The third kappa shape index (κ3) is 5.58. The highest BCUT2D eigenvalue weighted by molar-refractivity contribution is 5.66. The van der Waals surface area contributed by atoms with E-state index in [-0.39, 0.29) is 6.04 Å². The molecule has 8 nitrogen and oxygen atoms in total. The molecule has 0 aliphatic carbocycles. The van der Waals surface area contributed by atoms with E-state index in [1.54, 1.807) is 7.11 Å². The van der Waals surface area contributed by atoms with E-state index in [0.717, 1.165) is 66.3 Å². The second-order valence-corrected chi connectivity index (χ2v) is 8.29. The maximum absolute atomic E-state index is 5.59. The molecule has 0 saturated carbocycles. The van der Waals surface area contributed by atoms with E-state index in [1.165, 1.54) is 0 Å². The molecule has 1 unspecified atom stereocenters. The summed E-state index contributed by atoms with van der Waals surface area (Å²) in [6, 6.07) is 14.3. The van der Waals surface area contributed by atoms with Gasteiger partial charge in [-0.25, -0.2) is 15.0 Å². The Morgan fingerprint density at radius 3 is 2.67 bits per heavy atom. The summed E-state index contributed by atoms with van der Waals surface area (Å²) in [6.45, 7) is 5.75. The number of rotatable bonds is 8. The van der Waals surface area contributed by atoms with E-state index in [2.05, 4.69) is 56.3 Å². The van der Waals surface area contributed by atoms with Crippen LogP contribution in [0.1, 0.15) is 17.4 Å². The predicted molar refractivity (Wildman–Crippen MR) is 131 cm³/mol. The molecule has 1 aliphatic heterocycles. The number of hydrogen-bond acceptors (Lipinski definition) is 8. The van der Waals surface area contributed by atoms with Gasteiger partial charge in [0.1, 0.15) is 23.2 Å². The number of morpholine rings is 1.